The number of hydrogen-bond donors (Lipinski definition) is 2. The molecular weight excluding hydrogens is 296 g/mol. The Morgan fingerprint density at radius 2 is 2.14 bits per heavy atom. The zero-order chi connectivity index (χ0) is 15.6. The lowest BCUT2D eigenvalue weighted by molar-refractivity contribution is -0.116. The summed E-state index contributed by atoms with van der Waals surface area (Å²) in [5, 5.41) is 15.7. The van der Waals surface area contributed by atoms with Crippen LogP contribution in [-0.2, 0) is 4.74 Å². The summed E-state index contributed by atoms with van der Waals surface area (Å²) in [6, 6.07) is 4.96. The fourth-order valence-electron chi connectivity index (χ4n) is 2.15. The van der Waals surface area contributed by atoms with Crippen LogP contribution in [0.5, 0.6) is 0 Å². The van der Waals surface area contributed by atoms with E-state index in [0.29, 0.717) is 11.4 Å². The molecule has 1 aliphatic rings. The Labute approximate surface area is 124 Å². The predicted octanol–water partition coefficient (Wildman–Crippen LogP) is 1.02. The van der Waals surface area contributed by atoms with Crippen LogP contribution in [0, 0.1) is 0 Å². The van der Waals surface area contributed by atoms with Gasteiger partial charge in [0.25, 0.3) is 11.8 Å². The molecule has 2 aromatic rings. The van der Waals surface area contributed by atoms with Crippen LogP contribution in [-0.4, -0.2) is 51.7 Å². The van der Waals surface area contributed by atoms with Gasteiger partial charge in [-0.25, -0.2) is 8.78 Å². The minimum atomic E-state index is -2.96. The van der Waals surface area contributed by atoms with Gasteiger partial charge in [-0.05, 0) is 17.3 Å². The Bertz CT molecular complexity index is 645. The van der Waals surface area contributed by atoms with Crippen molar-refractivity contribution in [2.75, 3.05) is 13.2 Å². The van der Waals surface area contributed by atoms with Crippen molar-refractivity contribution in [3.63, 3.8) is 0 Å². The molecule has 1 atom stereocenters. The first-order valence-corrected chi connectivity index (χ1v) is 6.66. The fourth-order valence-corrected chi connectivity index (χ4v) is 2.15. The second kappa shape index (κ2) is 5.76. The molecule has 116 valence electrons. The molecule has 2 N–H and O–H groups in total. The maximum Gasteiger partial charge on any atom is 0.272 e. The average Bonchev–Trinajstić information content (AvgIpc) is 3.04. The lowest BCUT2D eigenvalue weighted by atomic mass is 10.0. The molecular formula is C13H13F2N5O2. The molecule has 3 rings (SSSR count). The number of hydrogen-bond acceptors (Lipinski definition) is 5. The molecule has 1 saturated heterocycles. The molecule has 22 heavy (non-hydrogen) atoms. The van der Waals surface area contributed by atoms with Gasteiger partial charge in [0, 0.05) is 17.5 Å². The molecule has 1 aromatic carbocycles. The summed E-state index contributed by atoms with van der Waals surface area (Å²) in [7, 11) is 0. The molecule has 1 amide bonds. The summed E-state index contributed by atoms with van der Waals surface area (Å²) in [5.74, 6) is -3.15. The highest BCUT2D eigenvalue weighted by molar-refractivity contribution is 5.94. The van der Waals surface area contributed by atoms with Crippen LogP contribution < -0.4 is 5.32 Å². The number of carbonyl (C=O) groups excluding carboxylic acids is 1. The van der Waals surface area contributed by atoms with Crippen LogP contribution in [0.25, 0.3) is 11.4 Å². The van der Waals surface area contributed by atoms with Crippen LogP contribution in [0.4, 0.5) is 8.78 Å². The summed E-state index contributed by atoms with van der Waals surface area (Å²) in [6.45, 7) is -0.196. The van der Waals surface area contributed by atoms with Crippen molar-refractivity contribution >= 4 is 5.91 Å². The maximum atomic E-state index is 13.7. The molecule has 1 aromatic heterocycles. The van der Waals surface area contributed by atoms with Crippen molar-refractivity contribution in [2.24, 2.45) is 0 Å². The second-order valence-corrected chi connectivity index (χ2v) is 4.92. The third-order valence-corrected chi connectivity index (χ3v) is 3.43. The number of tetrazole rings is 1. The fraction of sp³-hybridized carbons (Fsp3) is 0.385. The predicted molar refractivity (Wildman–Crippen MR) is 71.3 cm³/mol. The maximum absolute atomic E-state index is 13.7. The van der Waals surface area contributed by atoms with Crippen LogP contribution in [0.1, 0.15) is 16.8 Å². The summed E-state index contributed by atoms with van der Waals surface area (Å²) >= 11 is 0. The van der Waals surface area contributed by atoms with Crippen LogP contribution in [0.3, 0.4) is 0 Å². The number of amides is 1. The topological polar surface area (TPSA) is 92.8 Å². The van der Waals surface area contributed by atoms with E-state index in [0.717, 1.165) is 0 Å². The van der Waals surface area contributed by atoms with E-state index in [1.807, 2.05) is 0 Å². The molecule has 9 heteroatoms. The highest BCUT2D eigenvalue weighted by Gasteiger charge is 2.43. The van der Waals surface area contributed by atoms with Gasteiger partial charge in [-0.3, -0.25) is 4.79 Å². The number of aromatic amines is 1. The third-order valence-electron chi connectivity index (χ3n) is 3.43. The van der Waals surface area contributed by atoms with Gasteiger partial charge < -0.3 is 10.1 Å². The van der Waals surface area contributed by atoms with Crippen molar-refractivity contribution in [3.8, 4) is 11.4 Å². The Hall–Kier alpha value is -2.42. The number of alkyl halides is 2. The number of H-pyrrole nitrogens is 1. The number of carbonyl (C=O) groups is 1. The third kappa shape index (κ3) is 2.93. The van der Waals surface area contributed by atoms with Crippen LogP contribution in [0.15, 0.2) is 24.3 Å². The number of aromatic nitrogens is 4. The lowest BCUT2D eigenvalue weighted by Gasteiger charge is -2.31. The Morgan fingerprint density at radius 3 is 2.77 bits per heavy atom. The molecule has 0 radical (unpaired) electrons. The van der Waals surface area contributed by atoms with Crippen LogP contribution >= 0.6 is 0 Å². The Morgan fingerprint density at radius 1 is 1.36 bits per heavy atom. The van der Waals surface area contributed by atoms with E-state index in [9.17, 15) is 13.6 Å². The summed E-state index contributed by atoms with van der Waals surface area (Å²) in [5.41, 5.74) is 0.935. The van der Waals surface area contributed by atoms with Gasteiger partial charge in [-0.15, -0.1) is 10.2 Å². The standard InChI is InChI=1S/C13H13F2N5O2/c14-13(15)5-6-22-7-10(13)16-12(21)9-3-1-8(2-4-9)11-17-19-20-18-11/h1-4,10H,5-7H2,(H,16,21)(H,17,18,19,20). The Kier molecular flexibility index (Phi) is 3.80. The van der Waals surface area contributed by atoms with E-state index in [2.05, 4.69) is 25.9 Å². The monoisotopic (exact) mass is 309 g/mol. The van der Waals surface area contributed by atoms with Gasteiger partial charge >= 0.3 is 0 Å². The first-order valence-electron chi connectivity index (χ1n) is 6.66. The number of nitrogens with zero attached hydrogens (tertiary/aromatic N) is 3. The van der Waals surface area contributed by atoms with E-state index in [-0.39, 0.29) is 18.8 Å². The summed E-state index contributed by atoms with van der Waals surface area (Å²) in [6.07, 6.45) is -0.394. The van der Waals surface area contributed by atoms with E-state index in [4.69, 9.17) is 4.74 Å². The number of benzene rings is 1. The zero-order valence-corrected chi connectivity index (χ0v) is 11.4. The summed E-state index contributed by atoms with van der Waals surface area (Å²) in [4.78, 5) is 12.0. The first kappa shape index (κ1) is 14.5. The molecule has 0 spiro atoms. The van der Waals surface area contributed by atoms with Crippen molar-refractivity contribution in [2.45, 2.75) is 18.4 Å². The molecule has 0 bridgehead atoms. The normalized spacial score (nSPS) is 20.5. The highest BCUT2D eigenvalue weighted by atomic mass is 19.3. The van der Waals surface area contributed by atoms with E-state index in [1.54, 1.807) is 12.1 Å². The van der Waals surface area contributed by atoms with Gasteiger partial charge in [0.05, 0.1) is 13.2 Å². The van der Waals surface area contributed by atoms with E-state index < -0.39 is 24.3 Å². The largest absolute Gasteiger partial charge is 0.379 e. The quantitative estimate of drug-likeness (QED) is 0.883. The van der Waals surface area contributed by atoms with Crippen molar-refractivity contribution in [1.82, 2.24) is 25.9 Å². The van der Waals surface area contributed by atoms with E-state index >= 15 is 0 Å². The van der Waals surface area contributed by atoms with E-state index in [1.165, 1.54) is 12.1 Å². The van der Waals surface area contributed by atoms with Gasteiger partial charge in [-0.2, -0.15) is 5.21 Å². The molecule has 1 fully saturated rings. The van der Waals surface area contributed by atoms with Gasteiger partial charge in [0.15, 0.2) is 0 Å². The molecule has 0 aliphatic carbocycles. The van der Waals surface area contributed by atoms with Gasteiger partial charge in [0.1, 0.15) is 6.04 Å². The first-order chi connectivity index (χ1) is 10.6. The van der Waals surface area contributed by atoms with Crippen molar-refractivity contribution in [3.05, 3.63) is 29.8 Å². The minimum absolute atomic E-state index is 0.00122. The second-order valence-electron chi connectivity index (χ2n) is 4.92. The summed E-state index contributed by atoms with van der Waals surface area (Å²) < 4.78 is 32.3. The minimum Gasteiger partial charge on any atom is -0.379 e. The SMILES string of the molecule is O=C(NC1COCCC1(F)F)c1ccc(-c2nn[nH]n2)cc1. The Balaban J connectivity index is 1.70. The molecule has 1 aliphatic heterocycles. The molecule has 2 heterocycles. The van der Waals surface area contributed by atoms with Gasteiger partial charge in [-0.1, -0.05) is 12.1 Å². The number of ether oxygens (including phenoxy) is 1. The van der Waals surface area contributed by atoms with Crippen molar-refractivity contribution < 1.29 is 18.3 Å². The number of halogens is 2. The number of nitrogens with one attached hydrogen (secondary N) is 2. The average molecular weight is 309 g/mol. The zero-order valence-electron chi connectivity index (χ0n) is 11.4. The molecule has 0 saturated carbocycles. The van der Waals surface area contributed by atoms with Crippen molar-refractivity contribution in [1.29, 1.82) is 0 Å². The molecule has 1 unspecified atom stereocenters. The number of rotatable bonds is 3. The van der Waals surface area contributed by atoms with Crippen LogP contribution in [0.2, 0.25) is 0 Å². The molecule has 7 nitrogen and oxygen atoms in total. The lowest BCUT2D eigenvalue weighted by Crippen LogP contribution is -2.53. The van der Waals surface area contributed by atoms with Gasteiger partial charge in [0.2, 0.25) is 5.82 Å². The smallest absolute Gasteiger partial charge is 0.272 e. The highest BCUT2D eigenvalue weighted by Crippen LogP contribution is 2.27.